The molecule has 1 aliphatic rings. The van der Waals surface area contributed by atoms with Gasteiger partial charge < -0.3 is 14.6 Å². The number of hydrogen-bond acceptors (Lipinski definition) is 4. The summed E-state index contributed by atoms with van der Waals surface area (Å²) in [5.41, 5.74) is 2.04. The van der Waals surface area contributed by atoms with Gasteiger partial charge in [0, 0.05) is 36.2 Å². The summed E-state index contributed by atoms with van der Waals surface area (Å²) < 4.78 is 19.7. The molecule has 1 aromatic heterocycles. The number of carbonyl (C=O) groups excluding carboxylic acids is 1. The van der Waals surface area contributed by atoms with Crippen LogP contribution in [0.5, 0.6) is 0 Å². The number of halogens is 2. The van der Waals surface area contributed by atoms with Crippen molar-refractivity contribution in [2.24, 2.45) is 0 Å². The number of rotatable bonds is 3. The molecule has 2 unspecified atom stereocenters. The lowest BCUT2D eigenvalue weighted by Crippen LogP contribution is -2.55. The van der Waals surface area contributed by atoms with Crippen molar-refractivity contribution < 1.29 is 13.6 Å². The van der Waals surface area contributed by atoms with Crippen LogP contribution in [0.1, 0.15) is 24.2 Å². The number of hydrogen-bond donors (Lipinski definition) is 1. The van der Waals surface area contributed by atoms with E-state index in [4.69, 9.17) is 16.0 Å². The second-order valence-electron chi connectivity index (χ2n) is 7.65. The van der Waals surface area contributed by atoms with Crippen LogP contribution in [0, 0.1) is 5.82 Å². The third-order valence-corrected chi connectivity index (χ3v) is 6.02. The molecule has 0 saturated carbocycles. The van der Waals surface area contributed by atoms with Crippen LogP contribution in [0.2, 0.25) is 5.02 Å². The second-order valence-corrected chi connectivity index (χ2v) is 8.06. The van der Waals surface area contributed by atoms with Gasteiger partial charge in [0.15, 0.2) is 5.82 Å². The van der Waals surface area contributed by atoms with Gasteiger partial charge in [-0.1, -0.05) is 17.7 Å². The molecule has 2 aromatic carbocycles. The van der Waals surface area contributed by atoms with E-state index in [0.29, 0.717) is 28.6 Å². The van der Waals surface area contributed by atoms with E-state index in [0.717, 1.165) is 18.8 Å². The van der Waals surface area contributed by atoms with E-state index < -0.39 is 11.7 Å². The average molecular weight is 416 g/mol. The molecule has 0 spiro atoms. The smallest absolute Gasteiger partial charge is 0.259 e. The minimum absolute atomic E-state index is 0.0368. The molecule has 5 nitrogen and oxygen atoms in total. The molecule has 3 aromatic rings. The predicted octanol–water partition coefficient (Wildman–Crippen LogP) is 5.01. The molecule has 1 aliphatic heterocycles. The van der Waals surface area contributed by atoms with Gasteiger partial charge in [0.05, 0.1) is 16.3 Å². The topological polar surface area (TPSA) is 48.7 Å². The van der Waals surface area contributed by atoms with E-state index in [-0.39, 0.29) is 10.7 Å². The summed E-state index contributed by atoms with van der Waals surface area (Å²) in [4.78, 5) is 17.5. The van der Waals surface area contributed by atoms with Gasteiger partial charge >= 0.3 is 0 Å². The van der Waals surface area contributed by atoms with Crippen LogP contribution in [0.25, 0.3) is 11.0 Å². The Morgan fingerprint density at radius 1 is 1.21 bits per heavy atom. The summed E-state index contributed by atoms with van der Waals surface area (Å²) in [5, 5.41) is 3.24. The average Bonchev–Trinajstić information content (AvgIpc) is 3.12. The molecule has 2 heterocycles. The normalized spacial score (nSPS) is 20.2. The van der Waals surface area contributed by atoms with Crippen LogP contribution in [0.4, 0.5) is 15.8 Å². The zero-order valence-corrected chi connectivity index (χ0v) is 17.3. The highest BCUT2D eigenvalue weighted by molar-refractivity contribution is 6.31. The number of anilines is 2. The lowest BCUT2D eigenvalue weighted by atomic mass is 10.1. The largest absolute Gasteiger partial charge is 0.463 e. The Balaban J connectivity index is 1.63. The molecule has 0 aliphatic carbocycles. The summed E-state index contributed by atoms with van der Waals surface area (Å²) in [6.07, 6.45) is 1.40. The molecule has 1 N–H and O–H groups in total. The Hall–Kier alpha value is -2.57. The van der Waals surface area contributed by atoms with Gasteiger partial charge in [-0.25, -0.2) is 4.39 Å². The number of likely N-dealkylation sites (N-methyl/N-ethyl adjacent to an activating group) is 1. The lowest BCUT2D eigenvalue weighted by molar-refractivity contribution is 0.102. The number of fused-ring (bicyclic) bond motifs is 1. The fourth-order valence-corrected chi connectivity index (χ4v) is 3.97. The zero-order valence-electron chi connectivity index (χ0n) is 16.6. The highest BCUT2D eigenvalue weighted by Gasteiger charge is 2.27. The lowest BCUT2D eigenvalue weighted by Gasteiger charge is -2.43. The number of furan rings is 1. The summed E-state index contributed by atoms with van der Waals surface area (Å²) in [7, 11) is 2.14. The Morgan fingerprint density at radius 3 is 2.66 bits per heavy atom. The maximum absolute atomic E-state index is 14.1. The minimum atomic E-state index is -0.656. The van der Waals surface area contributed by atoms with Crippen molar-refractivity contribution in [1.82, 2.24) is 4.90 Å². The third-order valence-electron chi connectivity index (χ3n) is 5.73. The van der Waals surface area contributed by atoms with Crippen LogP contribution >= 0.6 is 11.6 Å². The van der Waals surface area contributed by atoms with Crippen LogP contribution in [0.15, 0.2) is 47.1 Å². The molecule has 0 radical (unpaired) electrons. The van der Waals surface area contributed by atoms with Crippen molar-refractivity contribution in [1.29, 1.82) is 0 Å². The van der Waals surface area contributed by atoms with Gasteiger partial charge in [-0.2, -0.15) is 0 Å². The fraction of sp³-hybridized carbons (Fsp3) is 0.318. The number of carbonyl (C=O) groups is 1. The molecular weight excluding hydrogens is 393 g/mol. The first-order chi connectivity index (χ1) is 13.8. The first-order valence-electron chi connectivity index (χ1n) is 9.58. The molecule has 4 rings (SSSR count). The summed E-state index contributed by atoms with van der Waals surface area (Å²) in [6.45, 7) is 6.22. The quantitative estimate of drug-likeness (QED) is 0.653. The maximum Gasteiger partial charge on any atom is 0.259 e. The molecule has 0 bridgehead atoms. The van der Waals surface area contributed by atoms with Crippen LogP contribution < -0.4 is 10.2 Å². The highest BCUT2D eigenvalue weighted by Crippen LogP contribution is 2.30. The van der Waals surface area contributed by atoms with Gasteiger partial charge in [-0.05, 0) is 51.2 Å². The van der Waals surface area contributed by atoms with E-state index in [2.05, 4.69) is 36.0 Å². The molecular formula is C22H23ClFN3O2. The fourth-order valence-electron chi connectivity index (χ4n) is 3.79. The Bertz CT molecular complexity index is 1060. The van der Waals surface area contributed by atoms with E-state index in [1.807, 2.05) is 18.2 Å². The van der Waals surface area contributed by atoms with E-state index >= 15 is 0 Å². The number of nitrogens with zero attached hydrogens (tertiary/aromatic N) is 2. The molecule has 7 heteroatoms. The third kappa shape index (κ3) is 3.70. The van der Waals surface area contributed by atoms with Crippen molar-refractivity contribution in [3.05, 3.63) is 59.1 Å². The van der Waals surface area contributed by atoms with Gasteiger partial charge in [0.25, 0.3) is 5.91 Å². The first kappa shape index (κ1) is 19.7. The first-order valence-corrected chi connectivity index (χ1v) is 9.96. The second kappa shape index (κ2) is 7.69. The van der Waals surface area contributed by atoms with Crippen LogP contribution in [-0.4, -0.2) is 43.0 Å². The highest BCUT2D eigenvalue weighted by atomic mass is 35.5. The van der Waals surface area contributed by atoms with Gasteiger partial charge in [0.1, 0.15) is 11.8 Å². The molecule has 29 heavy (non-hydrogen) atoms. The van der Waals surface area contributed by atoms with Crippen molar-refractivity contribution in [3.8, 4) is 0 Å². The number of amides is 1. The standard InChI is InChI=1S/C22H23ClFN3O2/c1-13-10-27(11-14(2)26(13)3)15-7-8-20-16(9-15)17(12-29-20)22(28)25-19-6-4-5-18(23)21(19)24/h4-9,12-14H,10-11H2,1-3H3,(H,25,28). The molecule has 1 fully saturated rings. The van der Waals surface area contributed by atoms with Gasteiger partial charge in [-0.3, -0.25) is 9.69 Å². The minimum Gasteiger partial charge on any atom is -0.463 e. The van der Waals surface area contributed by atoms with Crippen LogP contribution in [0.3, 0.4) is 0 Å². The Morgan fingerprint density at radius 2 is 1.93 bits per heavy atom. The van der Waals surface area contributed by atoms with Crippen molar-refractivity contribution in [2.75, 3.05) is 30.4 Å². The SMILES string of the molecule is CC1CN(c2ccc3occ(C(=O)Nc4cccc(Cl)c4F)c3c2)CC(C)N1C. The molecule has 2 atom stereocenters. The Labute approximate surface area is 174 Å². The maximum atomic E-state index is 14.1. The van der Waals surface area contributed by atoms with Crippen molar-refractivity contribution in [3.63, 3.8) is 0 Å². The van der Waals surface area contributed by atoms with E-state index in [1.165, 1.54) is 18.4 Å². The van der Waals surface area contributed by atoms with E-state index in [9.17, 15) is 9.18 Å². The number of nitrogens with one attached hydrogen (secondary N) is 1. The van der Waals surface area contributed by atoms with Gasteiger partial charge in [-0.15, -0.1) is 0 Å². The van der Waals surface area contributed by atoms with Crippen molar-refractivity contribution >= 4 is 39.9 Å². The summed E-state index contributed by atoms with van der Waals surface area (Å²) >= 11 is 5.80. The van der Waals surface area contributed by atoms with Crippen molar-refractivity contribution in [2.45, 2.75) is 25.9 Å². The number of piperazine rings is 1. The summed E-state index contributed by atoms with van der Waals surface area (Å²) in [5.74, 6) is -1.10. The summed E-state index contributed by atoms with van der Waals surface area (Å²) in [6, 6.07) is 11.2. The van der Waals surface area contributed by atoms with Crippen LogP contribution in [-0.2, 0) is 0 Å². The Kier molecular flexibility index (Phi) is 5.23. The van der Waals surface area contributed by atoms with E-state index in [1.54, 1.807) is 6.07 Å². The molecule has 152 valence electrons. The van der Waals surface area contributed by atoms with Gasteiger partial charge in [0.2, 0.25) is 0 Å². The monoisotopic (exact) mass is 415 g/mol. The molecule has 1 saturated heterocycles. The zero-order chi connectivity index (χ0) is 20.7. The molecule has 1 amide bonds. The predicted molar refractivity (Wildman–Crippen MR) is 114 cm³/mol. The number of benzene rings is 2.